The molecule has 1 N–H and O–H groups in total. The highest BCUT2D eigenvalue weighted by molar-refractivity contribution is 5.96. The number of aromatic nitrogens is 2. The lowest BCUT2D eigenvalue weighted by molar-refractivity contribution is 0.0942. The van der Waals surface area contributed by atoms with Gasteiger partial charge in [0.1, 0.15) is 0 Å². The molecular weight excluding hydrogens is 408 g/mol. The molecule has 1 aliphatic rings. The number of fused-ring (bicyclic) bond motifs is 3. The van der Waals surface area contributed by atoms with Crippen LogP contribution in [0.15, 0.2) is 54.6 Å². The zero-order valence-corrected chi connectivity index (χ0v) is 19.1. The third-order valence-corrected chi connectivity index (χ3v) is 5.95. The van der Waals surface area contributed by atoms with E-state index in [1.807, 2.05) is 35.0 Å². The molecule has 1 aliphatic carbocycles. The first-order valence-electron chi connectivity index (χ1n) is 11.0. The second-order valence-corrected chi connectivity index (χ2v) is 7.72. The molecule has 0 saturated heterocycles. The van der Waals surface area contributed by atoms with E-state index in [1.54, 1.807) is 0 Å². The molecule has 0 spiro atoms. The van der Waals surface area contributed by atoms with Crippen LogP contribution in [-0.4, -0.2) is 46.8 Å². The minimum Gasteiger partial charge on any atom is -0.349 e. The van der Waals surface area contributed by atoms with E-state index in [4.69, 9.17) is 5.10 Å². The quantitative estimate of drug-likeness (QED) is 0.590. The fourth-order valence-electron chi connectivity index (χ4n) is 4.28. The second kappa shape index (κ2) is 10.6. The molecule has 6 heteroatoms. The molecule has 4 rings (SSSR count). The smallest absolute Gasteiger partial charge is 0.272 e. The lowest BCUT2D eigenvalue weighted by Gasteiger charge is -2.17. The minimum absolute atomic E-state index is 0. The van der Waals surface area contributed by atoms with Crippen molar-refractivity contribution in [1.82, 2.24) is 20.0 Å². The number of likely N-dealkylation sites (N-methyl/N-ethyl adjacent to an activating group) is 1. The highest BCUT2D eigenvalue weighted by Crippen LogP contribution is 2.35. The van der Waals surface area contributed by atoms with E-state index < -0.39 is 0 Å². The average molecular weight is 439 g/mol. The van der Waals surface area contributed by atoms with E-state index in [9.17, 15) is 4.79 Å². The Kier molecular flexibility index (Phi) is 7.88. The van der Waals surface area contributed by atoms with Gasteiger partial charge in [-0.25, -0.2) is 4.68 Å². The van der Waals surface area contributed by atoms with Crippen LogP contribution in [0.25, 0.3) is 16.9 Å². The molecule has 0 bridgehead atoms. The monoisotopic (exact) mass is 438 g/mol. The highest BCUT2D eigenvalue weighted by atomic mass is 35.5. The van der Waals surface area contributed by atoms with Gasteiger partial charge in [-0.3, -0.25) is 4.79 Å². The lowest BCUT2D eigenvalue weighted by atomic mass is 10.0. The summed E-state index contributed by atoms with van der Waals surface area (Å²) in [5, 5.41) is 7.93. The Morgan fingerprint density at radius 1 is 1.03 bits per heavy atom. The van der Waals surface area contributed by atoms with Gasteiger partial charge in [0.2, 0.25) is 0 Å². The molecule has 164 valence electrons. The van der Waals surface area contributed by atoms with Crippen LogP contribution in [0.4, 0.5) is 0 Å². The normalized spacial score (nSPS) is 12.5. The fraction of sp³-hybridized carbons (Fsp3) is 0.360. The molecule has 3 aromatic rings. The predicted molar refractivity (Wildman–Crippen MR) is 128 cm³/mol. The summed E-state index contributed by atoms with van der Waals surface area (Å²) in [6, 6.07) is 18.6. The van der Waals surface area contributed by atoms with Crippen molar-refractivity contribution in [2.45, 2.75) is 33.1 Å². The van der Waals surface area contributed by atoms with Gasteiger partial charge in [-0.1, -0.05) is 56.3 Å². The number of aryl methyl sites for hydroxylation is 1. The molecule has 1 aromatic heterocycles. The second-order valence-electron chi connectivity index (χ2n) is 7.72. The van der Waals surface area contributed by atoms with Crippen molar-refractivity contribution in [3.63, 3.8) is 0 Å². The van der Waals surface area contributed by atoms with Crippen LogP contribution >= 0.6 is 12.4 Å². The van der Waals surface area contributed by atoms with E-state index >= 15 is 0 Å². The van der Waals surface area contributed by atoms with E-state index in [0.717, 1.165) is 55.8 Å². The molecule has 5 nitrogen and oxygen atoms in total. The maximum absolute atomic E-state index is 13.1. The van der Waals surface area contributed by atoms with Gasteiger partial charge in [-0.2, -0.15) is 5.10 Å². The summed E-state index contributed by atoms with van der Waals surface area (Å²) in [4.78, 5) is 15.4. The van der Waals surface area contributed by atoms with Crippen molar-refractivity contribution in [3.05, 3.63) is 71.4 Å². The molecule has 0 fully saturated rings. The SMILES string of the molecule is CCN(CC)CCNC(=O)c1nn(-c2ccccc2)c2c1CCCc1ccccc1-2.Cl. The summed E-state index contributed by atoms with van der Waals surface area (Å²) in [6.45, 7) is 7.74. The van der Waals surface area contributed by atoms with Crippen LogP contribution in [0.5, 0.6) is 0 Å². The molecule has 0 aliphatic heterocycles. The van der Waals surface area contributed by atoms with Gasteiger partial charge in [-0.05, 0) is 50.0 Å². The fourth-order valence-corrected chi connectivity index (χ4v) is 4.28. The number of nitrogens with zero attached hydrogens (tertiary/aromatic N) is 3. The van der Waals surface area contributed by atoms with Crippen molar-refractivity contribution in [3.8, 4) is 16.9 Å². The van der Waals surface area contributed by atoms with Crippen LogP contribution in [-0.2, 0) is 12.8 Å². The maximum Gasteiger partial charge on any atom is 0.272 e. The summed E-state index contributed by atoms with van der Waals surface area (Å²) in [6.07, 6.45) is 2.89. The summed E-state index contributed by atoms with van der Waals surface area (Å²) in [5.41, 5.74) is 6.16. The third kappa shape index (κ3) is 4.83. The van der Waals surface area contributed by atoms with Crippen LogP contribution in [0, 0.1) is 0 Å². The maximum atomic E-state index is 13.1. The third-order valence-electron chi connectivity index (χ3n) is 5.95. The Morgan fingerprint density at radius 3 is 2.48 bits per heavy atom. The van der Waals surface area contributed by atoms with E-state index in [0.29, 0.717) is 12.2 Å². The molecule has 31 heavy (non-hydrogen) atoms. The van der Waals surface area contributed by atoms with Gasteiger partial charge >= 0.3 is 0 Å². The van der Waals surface area contributed by atoms with Crippen LogP contribution in [0.2, 0.25) is 0 Å². The molecule has 0 atom stereocenters. The van der Waals surface area contributed by atoms with Crippen molar-refractivity contribution < 1.29 is 4.79 Å². The van der Waals surface area contributed by atoms with Crippen LogP contribution in [0.1, 0.15) is 41.9 Å². The lowest BCUT2D eigenvalue weighted by Crippen LogP contribution is -2.35. The van der Waals surface area contributed by atoms with E-state index in [2.05, 4.69) is 48.3 Å². The van der Waals surface area contributed by atoms with Crippen LogP contribution < -0.4 is 5.32 Å². The summed E-state index contributed by atoms with van der Waals surface area (Å²) < 4.78 is 1.96. The molecular formula is C25H31ClN4O. The van der Waals surface area contributed by atoms with Gasteiger partial charge in [0.25, 0.3) is 5.91 Å². The number of amides is 1. The van der Waals surface area contributed by atoms with E-state index in [-0.39, 0.29) is 18.3 Å². The van der Waals surface area contributed by atoms with Gasteiger partial charge in [0.15, 0.2) is 5.69 Å². The Balaban J connectivity index is 0.00000272. The Labute approximate surface area is 190 Å². The van der Waals surface area contributed by atoms with Gasteiger partial charge in [0.05, 0.1) is 11.4 Å². The van der Waals surface area contributed by atoms with Crippen LogP contribution in [0.3, 0.4) is 0 Å². The zero-order valence-electron chi connectivity index (χ0n) is 18.3. The average Bonchev–Trinajstić information content (AvgIpc) is 3.06. The Bertz CT molecular complexity index is 1010. The van der Waals surface area contributed by atoms with Crippen molar-refractivity contribution >= 4 is 18.3 Å². The Morgan fingerprint density at radius 2 is 1.74 bits per heavy atom. The predicted octanol–water partition coefficient (Wildman–Crippen LogP) is 4.52. The largest absolute Gasteiger partial charge is 0.349 e. The number of benzene rings is 2. The number of carbonyl (C=O) groups excluding carboxylic acids is 1. The van der Waals surface area contributed by atoms with Gasteiger partial charge in [-0.15, -0.1) is 12.4 Å². The standard InChI is InChI=1S/C25H30N4O.ClH/c1-3-28(4-2)18-17-26-25(30)23-22-16-10-12-19-11-8-9-15-21(19)24(22)29(27-23)20-13-6-5-7-14-20;/h5-9,11,13-15H,3-4,10,12,16-18H2,1-2H3,(H,26,30);1H. The van der Waals surface area contributed by atoms with Crippen molar-refractivity contribution in [2.24, 2.45) is 0 Å². The summed E-state index contributed by atoms with van der Waals surface area (Å²) in [5.74, 6) is -0.0764. The first-order valence-corrected chi connectivity index (χ1v) is 11.0. The number of hydrogen-bond acceptors (Lipinski definition) is 3. The first kappa shape index (κ1) is 23.0. The number of rotatable bonds is 7. The van der Waals surface area contributed by atoms with Gasteiger partial charge in [0, 0.05) is 24.2 Å². The zero-order chi connectivity index (χ0) is 20.9. The molecule has 0 saturated carbocycles. The number of para-hydroxylation sites is 1. The molecule has 1 amide bonds. The summed E-state index contributed by atoms with van der Waals surface area (Å²) >= 11 is 0. The molecule has 0 unspecified atom stereocenters. The minimum atomic E-state index is -0.0764. The first-order chi connectivity index (χ1) is 14.7. The van der Waals surface area contributed by atoms with Crippen molar-refractivity contribution in [1.29, 1.82) is 0 Å². The van der Waals surface area contributed by atoms with Crippen molar-refractivity contribution in [2.75, 3.05) is 26.2 Å². The number of carbonyl (C=O) groups is 1. The topological polar surface area (TPSA) is 50.2 Å². The number of halogens is 1. The summed E-state index contributed by atoms with van der Waals surface area (Å²) in [7, 11) is 0. The molecule has 1 heterocycles. The molecule has 0 radical (unpaired) electrons. The highest BCUT2D eigenvalue weighted by Gasteiger charge is 2.27. The van der Waals surface area contributed by atoms with Gasteiger partial charge < -0.3 is 10.2 Å². The number of hydrogen-bond donors (Lipinski definition) is 1. The molecule has 2 aromatic carbocycles. The van der Waals surface area contributed by atoms with E-state index in [1.165, 1.54) is 11.1 Å². The Hall–Kier alpha value is -2.63. The number of nitrogens with one attached hydrogen (secondary N) is 1.